The van der Waals surface area contributed by atoms with Crippen LogP contribution in [0.15, 0.2) is 30.3 Å². The maximum atomic E-state index is 14.2. The second kappa shape index (κ2) is 22.1. The van der Waals surface area contributed by atoms with E-state index < -0.39 is 83.9 Å². The van der Waals surface area contributed by atoms with Gasteiger partial charge >= 0.3 is 19.6 Å². The van der Waals surface area contributed by atoms with Gasteiger partial charge in [0.25, 0.3) is 0 Å². The molecule has 0 spiro atoms. The molecule has 15 nitrogen and oxygen atoms in total. The first-order chi connectivity index (χ1) is 22.1. The number of carboxylic acids is 2. The molecule has 1 unspecified atom stereocenters. The van der Waals surface area contributed by atoms with Gasteiger partial charge < -0.3 is 31.1 Å². The predicted octanol–water partition coefficient (Wildman–Crippen LogP) is 1.70. The number of carbonyl (C=O) groups excluding carboxylic acids is 2. The number of carboxylic acid groups (broad SMARTS) is 2. The predicted molar refractivity (Wildman–Crippen MR) is 180 cm³/mol. The Morgan fingerprint density at radius 2 is 1.38 bits per heavy atom. The van der Waals surface area contributed by atoms with Gasteiger partial charge in [0, 0.05) is 56.1 Å². The van der Waals surface area contributed by atoms with Crippen LogP contribution in [-0.4, -0.2) is 132 Å². The van der Waals surface area contributed by atoms with Crippen LogP contribution in [0.3, 0.4) is 0 Å². The Morgan fingerprint density at radius 3 is 1.83 bits per heavy atom. The van der Waals surface area contributed by atoms with Gasteiger partial charge in [-0.1, -0.05) is 30.3 Å². The highest BCUT2D eigenvalue weighted by Gasteiger charge is 2.39. The highest BCUT2D eigenvalue weighted by molar-refractivity contribution is 7.91. The SMILES string of the molecule is NC(CCC(=O)N[C@H](CS(=O)(=O)CCOP(=O)(N(CCCl)CCCl)N(CCCl)CCCl)C(=O)N[C@@H](C(=O)O)c1ccccc1)C(=O)O. The van der Waals surface area contributed by atoms with E-state index in [1.165, 1.54) is 33.6 Å². The minimum Gasteiger partial charge on any atom is -0.480 e. The molecule has 2 amide bonds. The van der Waals surface area contributed by atoms with Crippen molar-refractivity contribution >= 4 is 87.7 Å². The van der Waals surface area contributed by atoms with Crippen molar-refractivity contribution in [1.29, 1.82) is 0 Å². The number of aliphatic carboxylic acids is 2. The van der Waals surface area contributed by atoms with Gasteiger partial charge in [0.2, 0.25) is 11.8 Å². The molecule has 6 N–H and O–H groups in total. The van der Waals surface area contributed by atoms with Gasteiger partial charge in [-0.15, -0.1) is 46.4 Å². The Labute approximate surface area is 293 Å². The summed E-state index contributed by atoms with van der Waals surface area (Å²) < 4.78 is 49.2. The Bertz CT molecular complexity index is 1290. The fourth-order valence-corrected chi connectivity index (χ4v) is 9.20. The van der Waals surface area contributed by atoms with Crippen LogP contribution in [0.25, 0.3) is 0 Å². The minimum atomic E-state index is -4.29. The van der Waals surface area contributed by atoms with E-state index in [0.29, 0.717) is 0 Å². The number of hydrogen-bond acceptors (Lipinski definition) is 9. The van der Waals surface area contributed by atoms with Crippen LogP contribution in [-0.2, 0) is 38.1 Å². The quantitative estimate of drug-likeness (QED) is 0.0704. The van der Waals surface area contributed by atoms with Crippen LogP contribution >= 0.6 is 54.1 Å². The van der Waals surface area contributed by atoms with E-state index in [4.69, 9.17) is 61.8 Å². The maximum Gasteiger partial charge on any atom is 0.346 e. The summed E-state index contributed by atoms with van der Waals surface area (Å²) in [6, 6.07) is 2.77. The van der Waals surface area contributed by atoms with Crippen LogP contribution in [0.5, 0.6) is 0 Å². The van der Waals surface area contributed by atoms with Gasteiger partial charge in [-0.25, -0.2) is 22.6 Å². The molecule has 0 bridgehead atoms. The van der Waals surface area contributed by atoms with Crippen molar-refractivity contribution in [3.63, 3.8) is 0 Å². The summed E-state index contributed by atoms with van der Waals surface area (Å²) in [6.45, 7) is -0.327. The molecule has 0 radical (unpaired) electrons. The van der Waals surface area contributed by atoms with Gasteiger partial charge in [-0.2, -0.15) is 0 Å². The van der Waals surface area contributed by atoms with E-state index >= 15 is 0 Å². The molecule has 1 aromatic carbocycles. The molecular weight excluding hydrogens is 747 g/mol. The van der Waals surface area contributed by atoms with Gasteiger partial charge in [-0.3, -0.25) is 18.9 Å². The zero-order chi connectivity index (χ0) is 35.6. The van der Waals surface area contributed by atoms with Crippen LogP contribution < -0.4 is 16.4 Å². The number of halogens is 4. The summed E-state index contributed by atoms with van der Waals surface area (Å²) in [4.78, 5) is 48.9. The molecule has 1 rings (SSSR count). The third-order valence-electron chi connectivity index (χ3n) is 6.48. The van der Waals surface area contributed by atoms with Gasteiger partial charge in [0.1, 0.15) is 12.1 Å². The molecule has 21 heteroatoms. The molecule has 47 heavy (non-hydrogen) atoms. The Morgan fingerprint density at radius 1 is 0.872 bits per heavy atom. The van der Waals surface area contributed by atoms with Crippen molar-refractivity contribution in [2.24, 2.45) is 5.73 Å². The van der Waals surface area contributed by atoms with Crippen LogP contribution in [0.2, 0.25) is 0 Å². The summed E-state index contributed by atoms with van der Waals surface area (Å²) in [5.74, 6) is -6.46. The minimum absolute atomic E-state index is 0.0479. The Hall–Kier alpha value is -1.72. The van der Waals surface area contributed by atoms with E-state index in [0.717, 1.165) is 0 Å². The van der Waals surface area contributed by atoms with Crippen LogP contribution in [0.1, 0.15) is 24.4 Å². The smallest absolute Gasteiger partial charge is 0.346 e. The molecule has 0 aliphatic rings. The Kier molecular flexibility index (Phi) is 20.3. The first-order valence-corrected chi connectivity index (χ1v) is 19.7. The summed E-state index contributed by atoms with van der Waals surface area (Å²) in [5, 5.41) is 23.2. The molecule has 0 heterocycles. The van der Waals surface area contributed by atoms with E-state index in [2.05, 4.69) is 10.6 Å². The number of carbonyl (C=O) groups is 4. The molecule has 3 atom stereocenters. The van der Waals surface area contributed by atoms with E-state index in [-0.39, 0.29) is 61.7 Å². The number of benzene rings is 1. The van der Waals surface area contributed by atoms with Crippen molar-refractivity contribution in [2.45, 2.75) is 31.0 Å². The maximum absolute atomic E-state index is 14.2. The number of rotatable bonds is 25. The highest BCUT2D eigenvalue weighted by Crippen LogP contribution is 2.54. The zero-order valence-corrected chi connectivity index (χ0v) is 30.0. The average molecular weight is 787 g/mol. The van der Waals surface area contributed by atoms with Crippen molar-refractivity contribution in [3.05, 3.63) is 35.9 Å². The van der Waals surface area contributed by atoms with Crippen LogP contribution in [0.4, 0.5) is 0 Å². The Balaban J connectivity index is 3.26. The number of nitrogens with one attached hydrogen (secondary N) is 2. The lowest BCUT2D eigenvalue weighted by Gasteiger charge is -2.37. The van der Waals surface area contributed by atoms with Gasteiger partial charge in [0.05, 0.1) is 18.1 Å². The number of alkyl halides is 4. The average Bonchev–Trinajstić information content (AvgIpc) is 3.01. The van der Waals surface area contributed by atoms with Gasteiger partial charge in [-0.05, 0) is 12.0 Å². The largest absolute Gasteiger partial charge is 0.480 e. The normalized spacial score (nSPS) is 14.0. The topological polar surface area (TPSA) is 226 Å². The number of sulfone groups is 1. The summed E-state index contributed by atoms with van der Waals surface area (Å²) >= 11 is 23.6. The summed E-state index contributed by atoms with van der Waals surface area (Å²) in [6.07, 6.45) is -0.798. The van der Waals surface area contributed by atoms with Crippen molar-refractivity contribution in [3.8, 4) is 0 Å². The fourth-order valence-electron chi connectivity index (χ4n) is 4.12. The molecule has 268 valence electrons. The van der Waals surface area contributed by atoms with Gasteiger partial charge in [0.15, 0.2) is 15.9 Å². The third kappa shape index (κ3) is 15.2. The third-order valence-corrected chi connectivity index (χ3v) is 11.5. The first-order valence-electron chi connectivity index (χ1n) is 14.2. The lowest BCUT2D eigenvalue weighted by Crippen LogP contribution is -2.52. The molecule has 0 aromatic heterocycles. The molecular formula is C26H40Cl4N5O10PS. The number of hydrogen-bond donors (Lipinski definition) is 5. The molecule has 1 aromatic rings. The lowest BCUT2D eigenvalue weighted by molar-refractivity contribution is -0.142. The second-order valence-electron chi connectivity index (χ2n) is 9.90. The van der Waals surface area contributed by atoms with E-state index in [9.17, 15) is 37.3 Å². The van der Waals surface area contributed by atoms with E-state index in [1.807, 2.05) is 0 Å². The summed E-state index contributed by atoms with van der Waals surface area (Å²) in [5.41, 5.74) is 5.61. The fraction of sp³-hybridized carbons (Fsp3) is 0.615. The molecule has 0 saturated carbocycles. The molecule has 0 aliphatic carbocycles. The molecule has 0 fully saturated rings. The number of nitrogens with zero attached hydrogens (tertiary/aromatic N) is 2. The number of amides is 2. The number of nitrogens with two attached hydrogens (primary N) is 1. The second-order valence-corrected chi connectivity index (χ2v) is 16.0. The van der Waals surface area contributed by atoms with Crippen molar-refractivity contribution in [2.75, 3.05) is 67.8 Å². The molecule has 0 aliphatic heterocycles. The van der Waals surface area contributed by atoms with Crippen molar-refractivity contribution < 1.29 is 46.9 Å². The molecule has 0 saturated heterocycles. The standard InChI is InChI=1S/C26H40Cl4N5O10PS/c27-8-12-34(13-9-28)46(42,35(14-10-29)15-11-30)45-16-17-47(43,44)18-21(32-22(36)7-6-20(31)25(38)39)24(37)33-23(26(40)41)19-4-2-1-3-5-19/h1-5,20-21,23H,6-18,31H2,(H,32,36)(H,33,37)(H,38,39)(H,40,41)/t20?,21-,23-/m1/s1. The highest BCUT2D eigenvalue weighted by atomic mass is 35.5. The zero-order valence-electron chi connectivity index (χ0n) is 25.3. The van der Waals surface area contributed by atoms with Crippen molar-refractivity contribution in [1.82, 2.24) is 20.0 Å². The summed E-state index contributed by atoms with van der Waals surface area (Å²) in [7, 11) is -8.26. The first kappa shape index (κ1) is 43.3. The van der Waals surface area contributed by atoms with E-state index in [1.54, 1.807) is 6.07 Å². The lowest BCUT2D eigenvalue weighted by atomic mass is 10.1. The monoisotopic (exact) mass is 785 g/mol. The van der Waals surface area contributed by atoms with Crippen LogP contribution in [0, 0.1) is 0 Å².